The van der Waals surface area contributed by atoms with Crippen LogP contribution in [-0.4, -0.2) is 17.8 Å². The minimum atomic E-state index is -0.143. The molecule has 1 N–H and O–H groups in total. The first kappa shape index (κ1) is 17.1. The van der Waals surface area contributed by atoms with Gasteiger partial charge in [0.2, 0.25) is 0 Å². The van der Waals surface area contributed by atoms with Crippen LogP contribution in [0, 0.1) is 22.7 Å². The number of hydrogen-bond acceptors (Lipinski definition) is 3. The number of phenolic OH excluding ortho intramolecular Hbond substituents is 1. The molecule has 2 fully saturated rings. The molecule has 0 bridgehead atoms. The van der Waals surface area contributed by atoms with Crippen molar-refractivity contribution in [1.82, 2.24) is 0 Å². The van der Waals surface area contributed by atoms with E-state index in [1.807, 2.05) is 6.07 Å². The molecule has 0 amide bonds. The molecule has 3 heteroatoms. The molecule has 0 spiro atoms. The van der Waals surface area contributed by atoms with Gasteiger partial charge in [-0.2, -0.15) is 0 Å². The summed E-state index contributed by atoms with van der Waals surface area (Å²) in [5, 5.41) is 10.1. The second-order valence-electron chi connectivity index (χ2n) is 9.75. The van der Waals surface area contributed by atoms with E-state index in [0.717, 1.165) is 30.1 Å². The van der Waals surface area contributed by atoms with Gasteiger partial charge in [-0.25, -0.2) is 0 Å². The van der Waals surface area contributed by atoms with Gasteiger partial charge in [0, 0.05) is 17.5 Å². The molecule has 1 aromatic carbocycles. The summed E-state index contributed by atoms with van der Waals surface area (Å²) >= 11 is 0. The molecule has 2 saturated carbocycles. The highest BCUT2D eigenvalue weighted by Crippen LogP contribution is 2.65. The van der Waals surface area contributed by atoms with E-state index in [-0.39, 0.29) is 11.4 Å². The van der Waals surface area contributed by atoms with Crippen molar-refractivity contribution in [3.8, 4) is 17.2 Å². The Balaban J connectivity index is 1.79. The third kappa shape index (κ3) is 2.38. The highest BCUT2D eigenvalue weighted by atomic mass is 16.5. The lowest BCUT2D eigenvalue weighted by molar-refractivity contribution is -0.163. The molecular weight excluding hydrogens is 312 g/mol. The molecule has 0 saturated heterocycles. The van der Waals surface area contributed by atoms with Crippen LogP contribution in [0.1, 0.15) is 65.4 Å². The maximum atomic E-state index is 10.1. The van der Waals surface area contributed by atoms with Gasteiger partial charge in [0.05, 0.1) is 7.11 Å². The lowest BCUT2D eigenvalue weighted by Crippen LogP contribution is -2.61. The number of ether oxygens (including phenoxy) is 2. The first-order chi connectivity index (χ1) is 11.7. The molecule has 1 heterocycles. The maximum absolute atomic E-state index is 10.1. The topological polar surface area (TPSA) is 38.7 Å². The summed E-state index contributed by atoms with van der Waals surface area (Å²) in [4.78, 5) is 0. The molecule has 2 aliphatic carbocycles. The number of methoxy groups -OCH3 is 1. The molecular formula is C22H32O3. The van der Waals surface area contributed by atoms with E-state index in [2.05, 4.69) is 27.7 Å². The van der Waals surface area contributed by atoms with Crippen LogP contribution in [0.3, 0.4) is 0 Å². The van der Waals surface area contributed by atoms with E-state index in [9.17, 15) is 5.11 Å². The monoisotopic (exact) mass is 344 g/mol. The lowest BCUT2D eigenvalue weighted by atomic mass is 9.44. The fourth-order valence-corrected chi connectivity index (χ4v) is 6.69. The van der Waals surface area contributed by atoms with Crippen LogP contribution in [0.15, 0.2) is 12.1 Å². The van der Waals surface area contributed by atoms with Crippen LogP contribution in [0.4, 0.5) is 0 Å². The van der Waals surface area contributed by atoms with E-state index in [0.29, 0.717) is 22.5 Å². The van der Waals surface area contributed by atoms with Crippen molar-refractivity contribution in [2.45, 2.75) is 71.8 Å². The van der Waals surface area contributed by atoms with E-state index >= 15 is 0 Å². The third-order valence-electron chi connectivity index (χ3n) is 7.83. The number of hydrogen-bond donors (Lipinski definition) is 1. The summed E-state index contributed by atoms with van der Waals surface area (Å²) < 4.78 is 12.1. The van der Waals surface area contributed by atoms with Crippen LogP contribution >= 0.6 is 0 Å². The zero-order valence-corrected chi connectivity index (χ0v) is 16.3. The van der Waals surface area contributed by atoms with E-state index in [4.69, 9.17) is 9.47 Å². The quantitative estimate of drug-likeness (QED) is 0.747. The Hall–Kier alpha value is -1.38. The zero-order valence-electron chi connectivity index (χ0n) is 16.3. The summed E-state index contributed by atoms with van der Waals surface area (Å²) in [7, 11) is 1.65. The molecule has 0 aromatic heterocycles. The van der Waals surface area contributed by atoms with E-state index < -0.39 is 0 Å². The average molecular weight is 344 g/mol. The Kier molecular flexibility index (Phi) is 3.62. The van der Waals surface area contributed by atoms with Crippen LogP contribution in [-0.2, 0) is 6.42 Å². The Bertz CT molecular complexity index is 695. The molecule has 1 aliphatic heterocycles. The Morgan fingerprint density at radius 2 is 1.84 bits per heavy atom. The van der Waals surface area contributed by atoms with Crippen molar-refractivity contribution in [3.63, 3.8) is 0 Å². The molecule has 1 aromatic rings. The number of rotatable bonds is 1. The summed E-state index contributed by atoms with van der Waals surface area (Å²) in [6.07, 6.45) is 7.25. The van der Waals surface area contributed by atoms with Crippen molar-refractivity contribution >= 4 is 0 Å². The fourth-order valence-electron chi connectivity index (χ4n) is 6.69. The predicted octanol–water partition coefficient (Wildman–Crippen LogP) is 5.34. The number of fused-ring (bicyclic) bond motifs is 4. The van der Waals surface area contributed by atoms with Gasteiger partial charge in [0.1, 0.15) is 11.4 Å². The van der Waals surface area contributed by atoms with Gasteiger partial charge in [-0.3, -0.25) is 0 Å². The zero-order chi connectivity index (χ0) is 18.0. The van der Waals surface area contributed by atoms with Crippen LogP contribution < -0.4 is 9.47 Å². The second-order valence-corrected chi connectivity index (χ2v) is 9.75. The standard InChI is InChI=1S/C22H32O3/c1-20(2)8-6-9-21(3)17(20)7-10-22(4)18(21)12-14-11-15(23)13-16(24-5)19(14)25-22/h11,13,17-18,23H,6-10,12H2,1-5H3/t17-,18+,21-,22+/m0/s1. The highest BCUT2D eigenvalue weighted by molar-refractivity contribution is 5.53. The van der Waals surface area contributed by atoms with Crippen LogP contribution in [0.5, 0.6) is 17.2 Å². The largest absolute Gasteiger partial charge is 0.508 e. The van der Waals surface area contributed by atoms with Gasteiger partial charge in [-0.1, -0.05) is 27.2 Å². The molecule has 4 atom stereocenters. The van der Waals surface area contributed by atoms with Gasteiger partial charge >= 0.3 is 0 Å². The van der Waals surface area contributed by atoms with Gasteiger partial charge in [-0.05, 0) is 61.8 Å². The molecule has 0 radical (unpaired) electrons. The lowest BCUT2D eigenvalue weighted by Gasteiger charge is -2.63. The summed E-state index contributed by atoms with van der Waals surface area (Å²) in [5.74, 6) is 3.00. The van der Waals surface area contributed by atoms with Gasteiger partial charge in [-0.15, -0.1) is 0 Å². The fraction of sp³-hybridized carbons (Fsp3) is 0.727. The summed E-state index contributed by atoms with van der Waals surface area (Å²) in [5.41, 5.74) is 1.66. The molecule has 138 valence electrons. The number of phenols is 1. The van der Waals surface area contributed by atoms with Crippen molar-refractivity contribution in [1.29, 1.82) is 0 Å². The summed E-state index contributed by atoms with van der Waals surface area (Å²) in [6, 6.07) is 3.54. The van der Waals surface area contributed by atoms with E-state index in [1.165, 1.54) is 25.7 Å². The SMILES string of the molecule is COc1cc(O)cc2c1O[C@]1(C)CC[C@H]3C(C)(C)CCC[C@]3(C)[C@H]1C2. The summed E-state index contributed by atoms with van der Waals surface area (Å²) in [6.45, 7) is 9.74. The Morgan fingerprint density at radius 3 is 2.56 bits per heavy atom. The van der Waals surface area contributed by atoms with Crippen molar-refractivity contribution in [3.05, 3.63) is 17.7 Å². The predicted molar refractivity (Wildman–Crippen MR) is 99.3 cm³/mol. The average Bonchev–Trinajstić information content (AvgIpc) is 2.52. The van der Waals surface area contributed by atoms with Crippen molar-refractivity contribution < 1.29 is 14.6 Å². The van der Waals surface area contributed by atoms with Crippen LogP contribution in [0.2, 0.25) is 0 Å². The van der Waals surface area contributed by atoms with Gasteiger partial charge in [0.15, 0.2) is 11.5 Å². The van der Waals surface area contributed by atoms with Crippen molar-refractivity contribution in [2.75, 3.05) is 7.11 Å². The highest BCUT2D eigenvalue weighted by Gasteiger charge is 2.60. The normalized spacial score (nSPS) is 38.8. The first-order valence-corrected chi connectivity index (χ1v) is 9.78. The smallest absolute Gasteiger partial charge is 0.165 e. The molecule has 25 heavy (non-hydrogen) atoms. The van der Waals surface area contributed by atoms with E-state index in [1.54, 1.807) is 13.2 Å². The Labute approximate surface area is 151 Å². The molecule has 3 aliphatic rings. The molecule has 3 nitrogen and oxygen atoms in total. The Morgan fingerprint density at radius 1 is 1.08 bits per heavy atom. The second kappa shape index (κ2) is 5.31. The van der Waals surface area contributed by atoms with Crippen LogP contribution in [0.25, 0.3) is 0 Å². The van der Waals surface area contributed by atoms with Gasteiger partial charge < -0.3 is 14.6 Å². The minimum Gasteiger partial charge on any atom is -0.508 e. The molecule has 0 unspecified atom stereocenters. The number of aromatic hydroxyl groups is 1. The first-order valence-electron chi connectivity index (χ1n) is 9.78. The number of benzene rings is 1. The molecule has 4 rings (SSSR count). The van der Waals surface area contributed by atoms with Gasteiger partial charge in [0.25, 0.3) is 0 Å². The maximum Gasteiger partial charge on any atom is 0.165 e. The third-order valence-corrected chi connectivity index (χ3v) is 7.83. The van der Waals surface area contributed by atoms with Crippen molar-refractivity contribution in [2.24, 2.45) is 22.7 Å². The minimum absolute atomic E-state index is 0.143.